The highest BCUT2D eigenvalue weighted by molar-refractivity contribution is 5.92. The third kappa shape index (κ3) is 7.37. The molecule has 1 aromatic carbocycles. The maximum Gasteiger partial charge on any atom is 0.408 e. The number of benzene rings is 1. The predicted molar refractivity (Wildman–Crippen MR) is 138 cm³/mol. The summed E-state index contributed by atoms with van der Waals surface area (Å²) in [6.45, 7) is 9.06. The SMILES string of the molecule is CC(C)C(NC(=O)OC(C)(C)C)C(=O)N(C1CCC1)C(C(=O)NC1CCCCC1)c1ccc(O)cc1. The summed E-state index contributed by atoms with van der Waals surface area (Å²) in [5.74, 6) is -0.627. The molecule has 2 aliphatic rings. The zero-order chi connectivity index (χ0) is 26.5. The van der Waals surface area contributed by atoms with Gasteiger partial charge in [0.1, 0.15) is 23.4 Å². The van der Waals surface area contributed by atoms with E-state index in [2.05, 4.69) is 10.6 Å². The second-order valence-electron chi connectivity index (χ2n) is 11.5. The number of carbonyl (C=O) groups excluding carboxylic acids is 3. The molecule has 1 aromatic rings. The van der Waals surface area contributed by atoms with E-state index < -0.39 is 23.8 Å². The number of nitrogens with zero attached hydrogens (tertiary/aromatic N) is 1. The van der Waals surface area contributed by atoms with Crippen LogP contribution >= 0.6 is 0 Å². The van der Waals surface area contributed by atoms with Crippen LogP contribution in [0.1, 0.15) is 97.6 Å². The molecular formula is C28H43N3O5. The van der Waals surface area contributed by atoms with Crippen LogP contribution in [0, 0.1) is 5.92 Å². The molecule has 36 heavy (non-hydrogen) atoms. The lowest BCUT2D eigenvalue weighted by atomic mass is 9.87. The predicted octanol–water partition coefficient (Wildman–Crippen LogP) is 4.81. The van der Waals surface area contributed by atoms with Crippen LogP contribution in [0.15, 0.2) is 24.3 Å². The summed E-state index contributed by atoms with van der Waals surface area (Å²) < 4.78 is 5.43. The molecule has 0 spiro atoms. The summed E-state index contributed by atoms with van der Waals surface area (Å²) in [6.07, 6.45) is 7.11. The van der Waals surface area contributed by atoms with E-state index in [1.54, 1.807) is 49.9 Å². The van der Waals surface area contributed by atoms with E-state index in [0.29, 0.717) is 5.56 Å². The quantitative estimate of drug-likeness (QED) is 0.474. The molecule has 2 atom stereocenters. The molecule has 2 unspecified atom stereocenters. The first kappa shape index (κ1) is 27.8. The first-order chi connectivity index (χ1) is 17.0. The van der Waals surface area contributed by atoms with Crippen LogP contribution in [-0.4, -0.2) is 51.6 Å². The van der Waals surface area contributed by atoms with Gasteiger partial charge in [-0.25, -0.2) is 4.79 Å². The van der Waals surface area contributed by atoms with Gasteiger partial charge in [-0.1, -0.05) is 45.2 Å². The van der Waals surface area contributed by atoms with Crippen molar-refractivity contribution in [3.63, 3.8) is 0 Å². The highest BCUT2D eigenvalue weighted by atomic mass is 16.6. The molecular weight excluding hydrogens is 458 g/mol. The summed E-state index contributed by atoms with van der Waals surface area (Å²) in [5.41, 5.74) is -0.0577. The van der Waals surface area contributed by atoms with Gasteiger partial charge < -0.3 is 25.4 Å². The first-order valence-electron chi connectivity index (χ1n) is 13.4. The molecule has 3 N–H and O–H groups in total. The van der Waals surface area contributed by atoms with Crippen molar-refractivity contribution in [3.8, 4) is 5.75 Å². The number of rotatable bonds is 8. The van der Waals surface area contributed by atoms with Crippen molar-refractivity contribution in [2.75, 3.05) is 0 Å². The number of phenolic OH excluding ortho intramolecular Hbond substituents is 1. The highest BCUT2D eigenvalue weighted by Crippen LogP contribution is 2.35. The van der Waals surface area contributed by atoms with Gasteiger partial charge in [-0.2, -0.15) is 0 Å². The number of ether oxygens (including phenoxy) is 1. The van der Waals surface area contributed by atoms with Gasteiger partial charge in [-0.05, 0) is 76.5 Å². The van der Waals surface area contributed by atoms with Gasteiger partial charge in [0, 0.05) is 12.1 Å². The molecule has 3 amide bonds. The van der Waals surface area contributed by atoms with Gasteiger partial charge in [-0.3, -0.25) is 9.59 Å². The normalized spacial score (nSPS) is 18.6. The fourth-order valence-corrected chi connectivity index (χ4v) is 4.91. The topological polar surface area (TPSA) is 108 Å². The van der Waals surface area contributed by atoms with E-state index in [-0.39, 0.29) is 35.6 Å². The second-order valence-corrected chi connectivity index (χ2v) is 11.5. The van der Waals surface area contributed by atoms with E-state index in [1.165, 1.54) is 6.42 Å². The van der Waals surface area contributed by atoms with Crippen LogP contribution in [0.2, 0.25) is 0 Å². The van der Waals surface area contributed by atoms with Gasteiger partial charge in [-0.15, -0.1) is 0 Å². The standard InChI is InChI=1S/C28H43N3O5/c1-18(2)23(30-27(35)36-28(3,4)5)26(34)31(21-12-9-13-21)24(19-14-16-22(32)17-15-19)25(33)29-20-10-7-6-8-11-20/h14-18,20-21,23-24,32H,6-13H2,1-5H3,(H,29,33)(H,30,35). The van der Waals surface area contributed by atoms with Crippen LogP contribution in [-0.2, 0) is 14.3 Å². The van der Waals surface area contributed by atoms with Crippen LogP contribution in [0.25, 0.3) is 0 Å². The molecule has 8 nitrogen and oxygen atoms in total. The van der Waals surface area contributed by atoms with Crippen LogP contribution in [0.5, 0.6) is 5.75 Å². The van der Waals surface area contributed by atoms with Crippen LogP contribution in [0.3, 0.4) is 0 Å². The Morgan fingerprint density at radius 1 is 0.972 bits per heavy atom. The minimum atomic E-state index is -0.855. The van der Waals surface area contributed by atoms with Crippen LogP contribution in [0.4, 0.5) is 4.79 Å². The van der Waals surface area contributed by atoms with Crippen molar-refractivity contribution >= 4 is 17.9 Å². The van der Waals surface area contributed by atoms with Crippen molar-refractivity contribution in [2.45, 2.75) is 116 Å². The number of phenols is 1. The minimum absolute atomic E-state index is 0.0880. The van der Waals surface area contributed by atoms with E-state index in [9.17, 15) is 19.5 Å². The number of amides is 3. The van der Waals surface area contributed by atoms with Crippen molar-refractivity contribution in [1.29, 1.82) is 0 Å². The number of hydrogen-bond acceptors (Lipinski definition) is 5. The lowest BCUT2D eigenvalue weighted by Gasteiger charge is -2.44. The van der Waals surface area contributed by atoms with Gasteiger partial charge in [0.05, 0.1) is 0 Å². The Hall–Kier alpha value is -2.77. The van der Waals surface area contributed by atoms with E-state index in [4.69, 9.17) is 4.74 Å². The third-order valence-electron chi connectivity index (χ3n) is 7.01. The highest BCUT2D eigenvalue weighted by Gasteiger charge is 2.43. The Morgan fingerprint density at radius 3 is 2.08 bits per heavy atom. The molecule has 8 heteroatoms. The lowest BCUT2D eigenvalue weighted by Crippen LogP contribution is -2.59. The van der Waals surface area contributed by atoms with Gasteiger partial charge >= 0.3 is 6.09 Å². The van der Waals surface area contributed by atoms with Crippen LogP contribution < -0.4 is 10.6 Å². The fraction of sp³-hybridized carbons (Fsp3) is 0.679. The van der Waals surface area contributed by atoms with Crippen molar-refractivity contribution in [3.05, 3.63) is 29.8 Å². The number of hydrogen-bond donors (Lipinski definition) is 3. The average molecular weight is 502 g/mol. The van der Waals surface area contributed by atoms with Crippen molar-refractivity contribution in [1.82, 2.24) is 15.5 Å². The maximum atomic E-state index is 14.1. The number of carbonyl (C=O) groups is 3. The molecule has 0 aliphatic heterocycles. The zero-order valence-electron chi connectivity index (χ0n) is 22.4. The zero-order valence-corrected chi connectivity index (χ0v) is 22.4. The average Bonchev–Trinajstić information content (AvgIpc) is 2.76. The molecule has 2 saturated carbocycles. The largest absolute Gasteiger partial charge is 0.508 e. The Kier molecular flexibility index (Phi) is 9.25. The first-order valence-corrected chi connectivity index (χ1v) is 13.4. The Bertz CT molecular complexity index is 899. The molecule has 0 bridgehead atoms. The summed E-state index contributed by atoms with van der Waals surface area (Å²) >= 11 is 0. The molecule has 2 aliphatic carbocycles. The van der Waals surface area contributed by atoms with Crippen molar-refractivity contribution in [2.24, 2.45) is 5.92 Å². The van der Waals surface area contributed by atoms with Gasteiger partial charge in [0.25, 0.3) is 0 Å². The second kappa shape index (κ2) is 12.0. The Balaban J connectivity index is 1.94. The lowest BCUT2D eigenvalue weighted by molar-refractivity contribution is -0.148. The van der Waals surface area contributed by atoms with E-state index in [0.717, 1.165) is 44.9 Å². The number of nitrogens with one attached hydrogen (secondary N) is 2. The minimum Gasteiger partial charge on any atom is -0.508 e. The molecule has 200 valence electrons. The van der Waals surface area contributed by atoms with E-state index >= 15 is 0 Å². The summed E-state index contributed by atoms with van der Waals surface area (Å²) in [4.78, 5) is 42.2. The Morgan fingerprint density at radius 2 is 1.58 bits per heavy atom. The van der Waals surface area contributed by atoms with Crippen molar-refractivity contribution < 1.29 is 24.2 Å². The number of aromatic hydroxyl groups is 1. The smallest absolute Gasteiger partial charge is 0.408 e. The molecule has 0 saturated heterocycles. The molecule has 0 aromatic heterocycles. The third-order valence-corrected chi connectivity index (χ3v) is 7.01. The summed E-state index contributed by atoms with van der Waals surface area (Å²) in [6, 6.07) is 4.77. The Labute approximate surface area is 215 Å². The fourth-order valence-electron chi connectivity index (χ4n) is 4.91. The maximum absolute atomic E-state index is 14.1. The van der Waals surface area contributed by atoms with Gasteiger partial charge in [0.2, 0.25) is 11.8 Å². The molecule has 0 radical (unpaired) electrons. The molecule has 0 heterocycles. The summed E-state index contributed by atoms with van der Waals surface area (Å²) in [5, 5.41) is 15.8. The summed E-state index contributed by atoms with van der Waals surface area (Å²) in [7, 11) is 0. The molecule has 2 fully saturated rings. The van der Waals surface area contributed by atoms with Gasteiger partial charge in [0.15, 0.2) is 0 Å². The van der Waals surface area contributed by atoms with E-state index in [1.807, 2.05) is 13.8 Å². The number of alkyl carbamates (subject to hydrolysis) is 1. The monoisotopic (exact) mass is 501 g/mol. The molecule has 3 rings (SSSR count).